The molecule has 8 heteroatoms. The number of nitrogens with one attached hydrogen (secondary N) is 1. The summed E-state index contributed by atoms with van der Waals surface area (Å²) in [6.45, 7) is 3.66. The Morgan fingerprint density at radius 2 is 1.68 bits per heavy atom. The van der Waals surface area contributed by atoms with Crippen molar-refractivity contribution in [2.45, 2.75) is 19.6 Å². The first-order chi connectivity index (χ1) is 13.3. The van der Waals surface area contributed by atoms with E-state index in [9.17, 15) is 9.36 Å². The summed E-state index contributed by atoms with van der Waals surface area (Å²) in [7, 11) is 0.472. The van der Waals surface area contributed by atoms with Gasteiger partial charge in [-0.15, -0.1) is 0 Å². The van der Waals surface area contributed by atoms with Gasteiger partial charge in [-0.05, 0) is 48.7 Å². The van der Waals surface area contributed by atoms with Gasteiger partial charge < -0.3 is 23.8 Å². The maximum atomic E-state index is 13.0. The molecule has 1 unspecified atom stereocenters. The molecule has 0 aromatic heterocycles. The van der Waals surface area contributed by atoms with Crippen molar-refractivity contribution in [1.82, 2.24) is 5.32 Å². The van der Waals surface area contributed by atoms with Gasteiger partial charge in [0.25, 0.3) is 5.91 Å². The van der Waals surface area contributed by atoms with Crippen LogP contribution in [0.15, 0.2) is 42.5 Å². The SMILES string of the molecule is COc1ccc(C(NC(=O)COc2cccc(C)c2C)P(=O)(OC)OC)cc1. The van der Waals surface area contributed by atoms with Crippen LogP contribution in [0, 0.1) is 13.8 Å². The molecule has 0 saturated carbocycles. The number of aryl methyl sites for hydroxylation is 1. The van der Waals surface area contributed by atoms with Gasteiger partial charge in [0.1, 0.15) is 11.5 Å². The van der Waals surface area contributed by atoms with Gasteiger partial charge in [-0.3, -0.25) is 9.36 Å². The predicted molar refractivity (Wildman–Crippen MR) is 107 cm³/mol. The van der Waals surface area contributed by atoms with Gasteiger partial charge in [-0.25, -0.2) is 0 Å². The van der Waals surface area contributed by atoms with E-state index in [1.54, 1.807) is 37.4 Å². The summed E-state index contributed by atoms with van der Waals surface area (Å²) in [6.07, 6.45) is 0. The number of hydrogen-bond donors (Lipinski definition) is 1. The number of methoxy groups -OCH3 is 1. The summed E-state index contributed by atoms with van der Waals surface area (Å²) in [4.78, 5) is 12.5. The average Bonchev–Trinajstić information content (AvgIpc) is 2.72. The molecule has 152 valence electrons. The fraction of sp³-hybridized carbons (Fsp3) is 0.350. The van der Waals surface area contributed by atoms with Crippen LogP contribution in [-0.2, 0) is 18.4 Å². The highest BCUT2D eigenvalue weighted by molar-refractivity contribution is 7.54. The molecule has 0 saturated heterocycles. The van der Waals surface area contributed by atoms with E-state index in [1.165, 1.54) is 14.2 Å². The maximum absolute atomic E-state index is 13.0. The third kappa shape index (κ3) is 5.13. The fourth-order valence-electron chi connectivity index (χ4n) is 2.63. The van der Waals surface area contributed by atoms with E-state index in [0.29, 0.717) is 17.1 Å². The van der Waals surface area contributed by atoms with Gasteiger partial charge >= 0.3 is 7.60 Å². The first-order valence-corrected chi connectivity index (χ1v) is 10.3. The molecule has 1 amide bonds. The Morgan fingerprint density at radius 3 is 2.25 bits per heavy atom. The van der Waals surface area contributed by atoms with Crippen molar-refractivity contribution in [2.75, 3.05) is 27.9 Å². The number of carbonyl (C=O) groups excluding carboxylic acids is 1. The van der Waals surface area contributed by atoms with E-state index in [2.05, 4.69) is 5.32 Å². The van der Waals surface area contributed by atoms with E-state index >= 15 is 0 Å². The third-order valence-corrected chi connectivity index (χ3v) is 6.55. The Hall–Kier alpha value is -2.34. The van der Waals surface area contributed by atoms with Crippen LogP contribution in [-0.4, -0.2) is 33.8 Å². The van der Waals surface area contributed by atoms with Crippen LogP contribution >= 0.6 is 7.60 Å². The number of benzene rings is 2. The van der Waals surface area contributed by atoms with Crippen LogP contribution < -0.4 is 14.8 Å². The largest absolute Gasteiger partial charge is 0.497 e. The van der Waals surface area contributed by atoms with Crippen LogP contribution in [0.2, 0.25) is 0 Å². The second-order valence-corrected chi connectivity index (χ2v) is 8.46. The van der Waals surface area contributed by atoms with Crippen molar-refractivity contribution in [3.05, 3.63) is 59.2 Å². The van der Waals surface area contributed by atoms with Crippen molar-refractivity contribution < 1.29 is 27.9 Å². The Morgan fingerprint density at radius 1 is 1.04 bits per heavy atom. The van der Waals surface area contributed by atoms with Crippen molar-refractivity contribution in [3.8, 4) is 11.5 Å². The number of amides is 1. The summed E-state index contributed by atoms with van der Waals surface area (Å²) >= 11 is 0. The minimum Gasteiger partial charge on any atom is -0.497 e. The quantitative estimate of drug-likeness (QED) is 0.633. The molecule has 2 aromatic rings. The van der Waals surface area contributed by atoms with Gasteiger partial charge in [0.05, 0.1) is 7.11 Å². The standard InChI is InChI=1S/C20H26NO6P/c1-14-7-6-8-18(15(14)2)27-13-19(22)21-20(28(23,25-4)26-5)16-9-11-17(24-3)12-10-16/h6-12,20H,13H2,1-5H3,(H,21,22). The Bertz CT molecular complexity index is 844. The first kappa shape index (κ1) is 22.0. The number of hydrogen-bond acceptors (Lipinski definition) is 6. The Balaban J connectivity index is 2.18. The minimum atomic E-state index is -3.63. The van der Waals surface area contributed by atoms with Gasteiger partial charge in [0, 0.05) is 14.2 Å². The molecule has 0 spiro atoms. The molecule has 0 radical (unpaired) electrons. The highest BCUT2D eigenvalue weighted by Crippen LogP contribution is 2.58. The fourth-order valence-corrected chi connectivity index (χ4v) is 4.04. The van der Waals surface area contributed by atoms with Crippen LogP contribution in [0.1, 0.15) is 22.5 Å². The summed E-state index contributed by atoms with van der Waals surface area (Å²) in [5.41, 5.74) is 2.59. The lowest BCUT2D eigenvalue weighted by molar-refractivity contribution is -0.123. The molecular weight excluding hydrogens is 381 g/mol. The van der Waals surface area contributed by atoms with E-state index in [-0.39, 0.29) is 6.61 Å². The Kier molecular flexibility index (Phi) is 7.63. The molecule has 0 aliphatic carbocycles. The monoisotopic (exact) mass is 407 g/mol. The van der Waals surface area contributed by atoms with Crippen molar-refractivity contribution in [2.24, 2.45) is 0 Å². The van der Waals surface area contributed by atoms with Crippen molar-refractivity contribution >= 4 is 13.5 Å². The second-order valence-electron chi connectivity index (χ2n) is 6.13. The van der Waals surface area contributed by atoms with Crippen LogP contribution in [0.4, 0.5) is 0 Å². The molecule has 2 aromatic carbocycles. The van der Waals surface area contributed by atoms with Gasteiger partial charge in [-0.2, -0.15) is 0 Å². The zero-order valence-corrected chi connectivity index (χ0v) is 17.6. The molecule has 1 N–H and O–H groups in total. The van der Waals surface area contributed by atoms with Gasteiger partial charge in [-0.1, -0.05) is 24.3 Å². The molecule has 0 aliphatic rings. The predicted octanol–water partition coefficient (Wildman–Crippen LogP) is 3.99. The smallest absolute Gasteiger partial charge is 0.356 e. The lowest BCUT2D eigenvalue weighted by Crippen LogP contribution is -2.33. The number of rotatable bonds is 9. The topological polar surface area (TPSA) is 83.1 Å². The van der Waals surface area contributed by atoms with E-state index in [4.69, 9.17) is 18.5 Å². The minimum absolute atomic E-state index is 0.232. The van der Waals surface area contributed by atoms with Crippen molar-refractivity contribution in [1.29, 1.82) is 0 Å². The van der Waals surface area contributed by atoms with E-state index < -0.39 is 19.3 Å². The molecule has 0 bridgehead atoms. The first-order valence-electron chi connectivity index (χ1n) is 8.68. The molecule has 0 heterocycles. The van der Waals surface area contributed by atoms with Gasteiger partial charge in [0.15, 0.2) is 12.4 Å². The lowest BCUT2D eigenvalue weighted by Gasteiger charge is -2.25. The molecule has 28 heavy (non-hydrogen) atoms. The average molecular weight is 407 g/mol. The highest BCUT2D eigenvalue weighted by Gasteiger charge is 2.36. The van der Waals surface area contributed by atoms with Crippen molar-refractivity contribution in [3.63, 3.8) is 0 Å². The molecule has 2 rings (SSSR count). The highest BCUT2D eigenvalue weighted by atomic mass is 31.2. The summed E-state index contributed by atoms with van der Waals surface area (Å²) < 4.78 is 34.0. The summed E-state index contributed by atoms with van der Waals surface area (Å²) in [6, 6.07) is 12.4. The van der Waals surface area contributed by atoms with Crippen LogP contribution in [0.5, 0.6) is 11.5 Å². The molecular formula is C20H26NO6P. The lowest BCUT2D eigenvalue weighted by atomic mass is 10.1. The van der Waals surface area contributed by atoms with Crippen LogP contribution in [0.3, 0.4) is 0 Å². The molecule has 0 aliphatic heterocycles. The maximum Gasteiger partial charge on any atom is 0.356 e. The van der Waals surface area contributed by atoms with Gasteiger partial charge in [0.2, 0.25) is 0 Å². The zero-order valence-electron chi connectivity index (χ0n) is 16.7. The molecule has 7 nitrogen and oxygen atoms in total. The number of ether oxygens (including phenoxy) is 2. The Labute approximate surface area is 165 Å². The van der Waals surface area contributed by atoms with Crippen LogP contribution in [0.25, 0.3) is 0 Å². The third-order valence-electron chi connectivity index (χ3n) is 4.47. The van der Waals surface area contributed by atoms with E-state index in [1.807, 2.05) is 26.0 Å². The summed E-state index contributed by atoms with van der Waals surface area (Å²) in [5.74, 6) is -0.172. The second kappa shape index (κ2) is 9.73. The molecule has 1 atom stereocenters. The van der Waals surface area contributed by atoms with E-state index in [0.717, 1.165) is 11.1 Å². The number of carbonyl (C=O) groups is 1. The molecule has 0 fully saturated rings. The normalized spacial score (nSPS) is 12.3. The zero-order chi connectivity index (χ0) is 20.7. The summed E-state index contributed by atoms with van der Waals surface area (Å²) in [5, 5.41) is 2.70.